The smallest absolute Gasteiger partial charge is 0.231 e. The highest BCUT2D eigenvalue weighted by Crippen LogP contribution is 2.22. The molecule has 0 saturated heterocycles. The Bertz CT molecular complexity index is 402. The van der Waals surface area contributed by atoms with Crippen LogP contribution in [0.3, 0.4) is 0 Å². The lowest BCUT2D eigenvalue weighted by molar-refractivity contribution is -0.123. The maximum Gasteiger partial charge on any atom is 0.231 e. The lowest BCUT2D eigenvalue weighted by Crippen LogP contribution is -2.37. The molecule has 0 atom stereocenters. The fraction of sp³-hybridized carbons (Fsp3) is 0.417. The van der Waals surface area contributed by atoms with Gasteiger partial charge in [0.15, 0.2) is 0 Å². The monoisotopic (exact) mass is 284 g/mol. The number of anilines is 1. The van der Waals surface area contributed by atoms with Crippen LogP contribution in [0, 0.1) is 12.3 Å². The second-order valence-corrected chi connectivity index (χ2v) is 5.36. The highest BCUT2D eigenvalue weighted by molar-refractivity contribution is 9.10. The molecule has 0 fully saturated rings. The molecule has 1 aromatic carbocycles. The van der Waals surface area contributed by atoms with Gasteiger partial charge in [0, 0.05) is 16.7 Å². The van der Waals surface area contributed by atoms with E-state index in [1.165, 1.54) is 0 Å². The average Bonchev–Trinajstić information content (AvgIpc) is 2.23. The van der Waals surface area contributed by atoms with Crippen molar-refractivity contribution in [3.63, 3.8) is 0 Å². The number of benzene rings is 1. The zero-order valence-corrected chi connectivity index (χ0v) is 11.4. The molecule has 0 radical (unpaired) electrons. The predicted octanol–water partition coefficient (Wildman–Crippen LogP) is 2.68. The van der Waals surface area contributed by atoms with Crippen LogP contribution in [0.1, 0.15) is 19.4 Å². The summed E-state index contributed by atoms with van der Waals surface area (Å²) in [5.74, 6) is -0.0641. The van der Waals surface area contributed by atoms with E-state index in [9.17, 15) is 4.79 Å². The number of nitrogens with two attached hydrogens (primary N) is 1. The molecule has 0 spiro atoms. The third kappa shape index (κ3) is 3.06. The van der Waals surface area contributed by atoms with Crippen molar-refractivity contribution in [1.29, 1.82) is 0 Å². The van der Waals surface area contributed by atoms with Gasteiger partial charge in [-0.1, -0.05) is 22.0 Å². The van der Waals surface area contributed by atoms with Gasteiger partial charge in [-0.25, -0.2) is 0 Å². The van der Waals surface area contributed by atoms with E-state index in [1.54, 1.807) is 0 Å². The van der Waals surface area contributed by atoms with Crippen LogP contribution in [0.4, 0.5) is 5.69 Å². The lowest BCUT2D eigenvalue weighted by atomic mass is 9.92. The molecule has 3 N–H and O–H groups in total. The Kier molecular flexibility index (Phi) is 4.10. The van der Waals surface area contributed by atoms with Gasteiger partial charge in [-0.15, -0.1) is 0 Å². The van der Waals surface area contributed by atoms with Crippen LogP contribution in [0.15, 0.2) is 22.7 Å². The molecule has 0 aromatic heterocycles. The normalized spacial score (nSPS) is 11.3. The third-order valence-corrected chi connectivity index (χ3v) is 3.41. The van der Waals surface area contributed by atoms with Crippen LogP contribution in [0.5, 0.6) is 0 Å². The van der Waals surface area contributed by atoms with Crippen molar-refractivity contribution in [2.24, 2.45) is 11.1 Å². The Morgan fingerprint density at radius 3 is 2.62 bits per heavy atom. The highest BCUT2D eigenvalue weighted by atomic mass is 79.9. The first-order chi connectivity index (χ1) is 7.36. The van der Waals surface area contributed by atoms with Crippen molar-refractivity contribution in [3.8, 4) is 0 Å². The quantitative estimate of drug-likeness (QED) is 0.897. The number of rotatable bonds is 3. The molecule has 0 heterocycles. The fourth-order valence-corrected chi connectivity index (χ4v) is 1.44. The standard InChI is InChI=1S/C12H17BrN2O/c1-8-4-5-9(6-10(8)13)15-11(16)12(2,3)7-14/h4-6H,7,14H2,1-3H3,(H,15,16). The molecule has 1 amide bonds. The van der Waals surface area contributed by atoms with E-state index < -0.39 is 5.41 Å². The van der Waals surface area contributed by atoms with Gasteiger partial charge in [0.05, 0.1) is 5.41 Å². The van der Waals surface area contributed by atoms with Crippen LogP contribution in [-0.4, -0.2) is 12.5 Å². The Hall–Kier alpha value is -0.870. The Labute approximate surface area is 105 Å². The van der Waals surface area contributed by atoms with E-state index >= 15 is 0 Å². The van der Waals surface area contributed by atoms with Crippen LogP contribution in [0.2, 0.25) is 0 Å². The summed E-state index contributed by atoms with van der Waals surface area (Å²) < 4.78 is 0.982. The van der Waals surface area contributed by atoms with E-state index in [-0.39, 0.29) is 5.91 Å². The second kappa shape index (κ2) is 4.97. The van der Waals surface area contributed by atoms with Crippen molar-refractivity contribution in [1.82, 2.24) is 0 Å². The van der Waals surface area contributed by atoms with Crippen LogP contribution in [-0.2, 0) is 4.79 Å². The topological polar surface area (TPSA) is 55.1 Å². The van der Waals surface area contributed by atoms with E-state index in [4.69, 9.17) is 5.73 Å². The third-order valence-electron chi connectivity index (χ3n) is 2.55. The zero-order chi connectivity index (χ0) is 12.3. The molecule has 1 aromatic rings. The van der Waals surface area contributed by atoms with Crippen molar-refractivity contribution in [2.45, 2.75) is 20.8 Å². The molecule has 3 nitrogen and oxygen atoms in total. The maximum absolute atomic E-state index is 11.9. The number of halogens is 1. The first kappa shape index (κ1) is 13.2. The molecule has 4 heteroatoms. The number of nitrogens with one attached hydrogen (secondary N) is 1. The summed E-state index contributed by atoms with van der Waals surface area (Å²) in [4.78, 5) is 11.9. The molecule has 16 heavy (non-hydrogen) atoms. The van der Waals surface area contributed by atoms with Crippen molar-refractivity contribution in [3.05, 3.63) is 28.2 Å². The average molecular weight is 285 g/mol. The number of hydrogen-bond acceptors (Lipinski definition) is 2. The van der Waals surface area contributed by atoms with Crippen LogP contribution < -0.4 is 11.1 Å². The van der Waals surface area contributed by atoms with Crippen LogP contribution >= 0.6 is 15.9 Å². The maximum atomic E-state index is 11.9. The number of aryl methyl sites for hydroxylation is 1. The minimum absolute atomic E-state index is 0.0641. The molecule has 88 valence electrons. The fourth-order valence-electron chi connectivity index (χ4n) is 1.06. The van der Waals surface area contributed by atoms with Crippen LogP contribution in [0.25, 0.3) is 0 Å². The number of amides is 1. The van der Waals surface area contributed by atoms with Gasteiger partial charge < -0.3 is 11.1 Å². The van der Waals surface area contributed by atoms with E-state index in [0.29, 0.717) is 6.54 Å². The van der Waals surface area contributed by atoms with E-state index in [2.05, 4.69) is 21.2 Å². The predicted molar refractivity (Wildman–Crippen MR) is 70.3 cm³/mol. The molecule has 0 aliphatic carbocycles. The SMILES string of the molecule is Cc1ccc(NC(=O)C(C)(C)CN)cc1Br. The summed E-state index contributed by atoms with van der Waals surface area (Å²) in [5.41, 5.74) is 6.92. The Morgan fingerprint density at radius 1 is 1.50 bits per heavy atom. The second-order valence-electron chi connectivity index (χ2n) is 4.51. The number of hydrogen-bond donors (Lipinski definition) is 2. The zero-order valence-electron chi connectivity index (χ0n) is 9.80. The van der Waals surface area contributed by atoms with Gasteiger partial charge in [-0.05, 0) is 38.5 Å². The first-order valence-corrected chi connectivity index (χ1v) is 5.94. The van der Waals surface area contributed by atoms with Crippen molar-refractivity contribution >= 4 is 27.5 Å². The van der Waals surface area contributed by atoms with Gasteiger partial charge in [0.25, 0.3) is 0 Å². The summed E-state index contributed by atoms with van der Waals surface area (Å²) in [6.45, 7) is 5.97. The molecular formula is C12H17BrN2O. The molecule has 0 aliphatic heterocycles. The highest BCUT2D eigenvalue weighted by Gasteiger charge is 2.25. The van der Waals surface area contributed by atoms with Crippen molar-refractivity contribution in [2.75, 3.05) is 11.9 Å². The Balaban J connectivity index is 2.82. The molecule has 0 unspecified atom stereocenters. The van der Waals surface area contributed by atoms with Crippen molar-refractivity contribution < 1.29 is 4.79 Å². The van der Waals surface area contributed by atoms with Gasteiger partial charge in [-0.2, -0.15) is 0 Å². The lowest BCUT2D eigenvalue weighted by Gasteiger charge is -2.21. The summed E-state index contributed by atoms with van der Waals surface area (Å²) in [5, 5.41) is 2.85. The number of carbonyl (C=O) groups excluding carboxylic acids is 1. The van der Waals surface area contributed by atoms with Gasteiger partial charge >= 0.3 is 0 Å². The van der Waals surface area contributed by atoms with E-state index in [1.807, 2.05) is 39.0 Å². The minimum Gasteiger partial charge on any atom is -0.329 e. The van der Waals surface area contributed by atoms with Gasteiger partial charge in [-0.3, -0.25) is 4.79 Å². The molecule has 1 rings (SSSR count). The van der Waals surface area contributed by atoms with Gasteiger partial charge in [0.2, 0.25) is 5.91 Å². The molecule has 0 saturated carbocycles. The first-order valence-electron chi connectivity index (χ1n) is 5.14. The Morgan fingerprint density at radius 2 is 2.12 bits per heavy atom. The molecule has 0 bridgehead atoms. The molecular weight excluding hydrogens is 268 g/mol. The number of carbonyl (C=O) groups is 1. The summed E-state index contributed by atoms with van der Waals surface area (Å²) >= 11 is 3.43. The molecule has 0 aliphatic rings. The largest absolute Gasteiger partial charge is 0.329 e. The summed E-state index contributed by atoms with van der Waals surface area (Å²) in [6, 6.07) is 5.72. The summed E-state index contributed by atoms with van der Waals surface area (Å²) in [7, 11) is 0. The minimum atomic E-state index is -0.544. The summed E-state index contributed by atoms with van der Waals surface area (Å²) in [6.07, 6.45) is 0. The van der Waals surface area contributed by atoms with E-state index in [0.717, 1.165) is 15.7 Å². The van der Waals surface area contributed by atoms with Gasteiger partial charge in [0.1, 0.15) is 0 Å².